The molecule has 0 aliphatic heterocycles. The average Bonchev–Trinajstić information content (AvgIpc) is 2.89. The SMILES string of the molecule is CCCC(CCN)CNc1ncnc2sc(CC)cc12. The fraction of sp³-hybridized carbons (Fsp3) is 0.600. The van der Waals surface area contributed by atoms with Gasteiger partial charge in [-0.05, 0) is 37.8 Å². The number of anilines is 1. The molecule has 2 rings (SSSR count). The first kappa shape index (κ1) is 15.2. The van der Waals surface area contributed by atoms with Crippen molar-refractivity contribution in [1.29, 1.82) is 0 Å². The van der Waals surface area contributed by atoms with Crippen molar-refractivity contribution in [2.45, 2.75) is 39.5 Å². The zero-order valence-electron chi connectivity index (χ0n) is 12.4. The van der Waals surface area contributed by atoms with Gasteiger partial charge in [-0.15, -0.1) is 11.3 Å². The minimum absolute atomic E-state index is 0.624. The molecule has 2 aromatic rings. The second kappa shape index (κ2) is 7.55. The van der Waals surface area contributed by atoms with Gasteiger partial charge in [0.15, 0.2) is 0 Å². The Balaban J connectivity index is 2.10. The Morgan fingerprint density at radius 2 is 2.15 bits per heavy atom. The Kier molecular flexibility index (Phi) is 5.73. The number of thiophene rings is 1. The first-order valence-corrected chi connectivity index (χ1v) is 8.27. The third kappa shape index (κ3) is 3.67. The summed E-state index contributed by atoms with van der Waals surface area (Å²) in [6.07, 6.45) is 6.18. The van der Waals surface area contributed by atoms with Crippen molar-refractivity contribution in [3.63, 3.8) is 0 Å². The van der Waals surface area contributed by atoms with Crippen molar-refractivity contribution in [3.05, 3.63) is 17.3 Å². The summed E-state index contributed by atoms with van der Waals surface area (Å²) in [5.41, 5.74) is 5.69. The Bertz CT molecular complexity index is 532. The summed E-state index contributed by atoms with van der Waals surface area (Å²) in [6.45, 7) is 6.08. The van der Waals surface area contributed by atoms with Crippen LogP contribution in [0.2, 0.25) is 0 Å². The van der Waals surface area contributed by atoms with E-state index in [1.54, 1.807) is 17.7 Å². The molecule has 0 spiro atoms. The molecule has 0 bridgehead atoms. The highest BCUT2D eigenvalue weighted by Gasteiger charge is 2.11. The predicted molar refractivity (Wildman–Crippen MR) is 87.4 cm³/mol. The number of hydrogen-bond donors (Lipinski definition) is 2. The van der Waals surface area contributed by atoms with E-state index in [1.807, 2.05) is 0 Å². The molecule has 0 aromatic carbocycles. The zero-order valence-corrected chi connectivity index (χ0v) is 13.2. The smallest absolute Gasteiger partial charge is 0.138 e. The number of nitrogens with zero attached hydrogens (tertiary/aromatic N) is 2. The van der Waals surface area contributed by atoms with Gasteiger partial charge in [-0.25, -0.2) is 9.97 Å². The molecule has 4 nitrogen and oxygen atoms in total. The number of aromatic nitrogens is 2. The summed E-state index contributed by atoms with van der Waals surface area (Å²) >= 11 is 1.76. The average molecular weight is 292 g/mol. The molecule has 5 heteroatoms. The van der Waals surface area contributed by atoms with Crippen LogP contribution in [0.1, 0.15) is 38.0 Å². The topological polar surface area (TPSA) is 63.8 Å². The molecule has 20 heavy (non-hydrogen) atoms. The van der Waals surface area contributed by atoms with E-state index in [0.717, 1.165) is 42.0 Å². The highest BCUT2D eigenvalue weighted by atomic mass is 32.1. The second-order valence-corrected chi connectivity index (χ2v) is 6.24. The van der Waals surface area contributed by atoms with Gasteiger partial charge in [-0.1, -0.05) is 20.3 Å². The van der Waals surface area contributed by atoms with E-state index < -0.39 is 0 Å². The monoisotopic (exact) mass is 292 g/mol. The highest BCUT2D eigenvalue weighted by molar-refractivity contribution is 7.18. The van der Waals surface area contributed by atoms with Gasteiger partial charge >= 0.3 is 0 Å². The molecule has 1 atom stereocenters. The lowest BCUT2D eigenvalue weighted by atomic mass is 10.00. The first-order valence-electron chi connectivity index (χ1n) is 7.45. The van der Waals surface area contributed by atoms with Gasteiger partial charge in [0.1, 0.15) is 17.0 Å². The Labute approximate surface area is 124 Å². The van der Waals surface area contributed by atoms with E-state index in [0.29, 0.717) is 5.92 Å². The molecule has 0 aliphatic rings. The van der Waals surface area contributed by atoms with Crippen LogP contribution in [0, 0.1) is 5.92 Å². The van der Waals surface area contributed by atoms with E-state index in [9.17, 15) is 0 Å². The fourth-order valence-corrected chi connectivity index (χ4v) is 3.39. The molecule has 0 saturated carbocycles. The number of rotatable bonds is 8. The Morgan fingerprint density at radius 3 is 2.85 bits per heavy atom. The minimum Gasteiger partial charge on any atom is -0.369 e. The van der Waals surface area contributed by atoms with E-state index in [-0.39, 0.29) is 0 Å². The summed E-state index contributed by atoms with van der Waals surface area (Å²) in [5.74, 6) is 1.59. The van der Waals surface area contributed by atoms with E-state index >= 15 is 0 Å². The van der Waals surface area contributed by atoms with Gasteiger partial charge in [0.2, 0.25) is 0 Å². The van der Waals surface area contributed by atoms with Crippen molar-refractivity contribution < 1.29 is 0 Å². The van der Waals surface area contributed by atoms with Crippen LogP contribution in [-0.4, -0.2) is 23.1 Å². The van der Waals surface area contributed by atoms with Crippen LogP contribution in [-0.2, 0) is 6.42 Å². The minimum atomic E-state index is 0.624. The van der Waals surface area contributed by atoms with Crippen LogP contribution in [0.4, 0.5) is 5.82 Å². The number of aryl methyl sites for hydroxylation is 1. The lowest BCUT2D eigenvalue weighted by Gasteiger charge is -2.16. The van der Waals surface area contributed by atoms with Crippen molar-refractivity contribution >= 4 is 27.4 Å². The van der Waals surface area contributed by atoms with Crippen LogP contribution in [0.3, 0.4) is 0 Å². The molecule has 110 valence electrons. The van der Waals surface area contributed by atoms with Crippen molar-refractivity contribution in [2.24, 2.45) is 11.7 Å². The summed E-state index contributed by atoms with van der Waals surface area (Å²) in [7, 11) is 0. The number of nitrogens with two attached hydrogens (primary N) is 1. The molecule has 0 radical (unpaired) electrons. The van der Waals surface area contributed by atoms with Gasteiger partial charge in [-0.2, -0.15) is 0 Å². The summed E-state index contributed by atoms with van der Waals surface area (Å²) < 4.78 is 0. The van der Waals surface area contributed by atoms with E-state index in [4.69, 9.17) is 5.73 Å². The van der Waals surface area contributed by atoms with E-state index in [2.05, 4.69) is 35.2 Å². The molecule has 3 N–H and O–H groups in total. The number of fused-ring (bicyclic) bond motifs is 1. The third-order valence-corrected chi connectivity index (χ3v) is 4.75. The van der Waals surface area contributed by atoms with Crippen LogP contribution < -0.4 is 11.1 Å². The van der Waals surface area contributed by atoms with Crippen molar-refractivity contribution in [2.75, 3.05) is 18.4 Å². The van der Waals surface area contributed by atoms with Crippen LogP contribution >= 0.6 is 11.3 Å². The maximum Gasteiger partial charge on any atom is 0.138 e. The van der Waals surface area contributed by atoms with E-state index in [1.165, 1.54) is 17.7 Å². The fourth-order valence-electron chi connectivity index (χ4n) is 2.45. The summed E-state index contributed by atoms with van der Waals surface area (Å²) in [4.78, 5) is 11.2. The Hall–Kier alpha value is -1.20. The summed E-state index contributed by atoms with van der Waals surface area (Å²) in [5, 5.41) is 4.65. The summed E-state index contributed by atoms with van der Waals surface area (Å²) in [6, 6.07) is 2.21. The molecule has 2 heterocycles. The van der Waals surface area contributed by atoms with Crippen LogP contribution in [0.15, 0.2) is 12.4 Å². The standard InChI is InChI=1S/C15H24N4S/c1-3-5-11(6-7-16)9-17-14-13-8-12(4-2)20-15(13)19-10-18-14/h8,10-11H,3-7,9,16H2,1-2H3,(H,17,18,19). The maximum atomic E-state index is 5.69. The van der Waals surface area contributed by atoms with Gasteiger partial charge < -0.3 is 11.1 Å². The molecule has 0 aliphatic carbocycles. The molecular formula is C15H24N4S. The van der Waals surface area contributed by atoms with Crippen LogP contribution in [0.5, 0.6) is 0 Å². The number of hydrogen-bond acceptors (Lipinski definition) is 5. The maximum absolute atomic E-state index is 5.69. The van der Waals surface area contributed by atoms with Gasteiger partial charge in [0.05, 0.1) is 5.39 Å². The first-order chi connectivity index (χ1) is 9.78. The van der Waals surface area contributed by atoms with Crippen molar-refractivity contribution in [3.8, 4) is 0 Å². The largest absolute Gasteiger partial charge is 0.369 e. The van der Waals surface area contributed by atoms with Gasteiger partial charge in [0.25, 0.3) is 0 Å². The normalized spacial score (nSPS) is 12.8. The predicted octanol–water partition coefficient (Wildman–Crippen LogP) is 3.43. The molecule has 0 amide bonds. The molecule has 0 fully saturated rings. The van der Waals surface area contributed by atoms with Gasteiger partial charge in [-0.3, -0.25) is 0 Å². The molecule has 2 aromatic heterocycles. The molecule has 1 unspecified atom stereocenters. The van der Waals surface area contributed by atoms with Crippen molar-refractivity contribution in [1.82, 2.24) is 9.97 Å². The second-order valence-electron chi connectivity index (χ2n) is 5.12. The molecule has 0 saturated heterocycles. The van der Waals surface area contributed by atoms with Gasteiger partial charge in [0, 0.05) is 11.4 Å². The van der Waals surface area contributed by atoms with Crippen LogP contribution in [0.25, 0.3) is 10.2 Å². The number of nitrogens with one attached hydrogen (secondary N) is 1. The third-order valence-electron chi connectivity index (χ3n) is 3.56. The Morgan fingerprint density at radius 1 is 1.30 bits per heavy atom. The quantitative estimate of drug-likeness (QED) is 0.782. The lowest BCUT2D eigenvalue weighted by molar-refractivity contribution is 0.473. The lowest BCUT2D eigenvalue weighted by Crippen LogP contribution is -2.18. The zero-order chi connectivity index (χ0) is 14.4. The highest BCUT2D eigenvalue weighted by Crippen LogP contribution is 2.28. The molecular weight excluding hydrogens is 268 g/mol.